The lowest BCUT2D eigenvalue weighted by Crippen LogP contribution is -2.50. The molecule has 3 fully saturated rings. The van der Waals surface area contributed by atoms with Crippen LogP contribution in [0.2, 0.25) is 0 Å². The quantitative estimate of drug-likeness (QED) is 0.337. The van der Waals surface area contributed by atoms with Crippen molar-refractivity contribution in [1.29, 1.82) is 0 Å². The molecule has 0 bridgehead atoms. The van der Waals surface area contributed by atoms with Crippen molar-refractivity contribution in [3.63, 3.8) is 0 Å². The van der Waals surface area contributed by atoms with Crippen LogP contribution in [0.5, 0.6) is 5.75 Å². The second kappa shape index (κ2) is 14.6. The summed E-state index contributed by atoms with van der Waals surface area (Å²) in [6.45, 7) is 10.5. The smallest absolute Gasteiger partial charge is 0.323 e. The fourth-order valence-corrected chi connectivity index (χ4v) is 6.79. The molecule has 2 N–H and O–H groups in total. The number of methoxy groups -OCH3 is 1. The molecule has 2 amide bonds. The van der Waals surface area contributed by atoms with Crippen LogP contribution in [0.1, 0.15) is 0 Å². The van der Waals surface area contributed by atoms with Crippen molar-refractivity contribution in [3.8, 4) is 5.75 Å². The molecule has 0 saturated carbocycles. The van der Waals surface area contributed by atoms with Gasteiger partial charge in [0.25, 0.3) is 0 Å². The van der Waals surface area contributed by atoms with Crippen molar-refractivity contribution in [1.82, 2.24) is 15.2 Å². The number of carbonyl (C=O) groups is 1. The molecule has 0 spiro atoms. The Hall–Kier alpha value is -4.06. The molecule has 3 saturated heterocycles. The average molecular weight is 616 g/mol. The van der Waals surface area contributed by atoms with Gasteiger partial charge in [-0.25, -0.2) is 9.78 Å². The minimum absolute atomic E-state index is 0.108. The van der Waals surface area contributed by atoms with E-state index in [-0.39, 0.29) is 6.03 Å². The van der Waals surface area contributed by atoms with Crippen LogP contribution in [0.4, 0.5) is 27.0 Å². The second-order valence-corrected chi connectivity index (χ2v) is 11.9. The van der Waals surface area contributed by atoms with Crippen LogP contribution in [0, 0.1) is 0 Å². The number of para-hydroxylation sites is 2. The molecule has 0 radical (unpaired) electrons. The highest BCUT2D eigenvalue weighted by molar-refractivity contribution is 7.23. The molecule has 0 atom stereocenters. The third kappa shape index (κ3) is 7.18. The van der Waals surface area contributed by atoms with E-state index in [9.17, 15) is 4.79 Å². The standard InChI is InChI=1S/C23H27N5O3S.C10H14N2/c1-30-19-8-7-18(27-13-15-31-16-14-27)21-20(19)24-22(32-21)25-23(29)28-11-9-26(10-12-28)17-5-3-2-4-6-17;1-2-4-10(5-3-1)12-8-6-11-7-9-12/h2-8H,9-16H2,1H3,(H,24,25,29);1-5,11H,6-9H2. The van der Waals surface area contributed by atoms with Crippen LogP contribution < -0.4 is 30.1 Å². The Kier molecular flexibility index (Phi) is 9.96. The summed E-state index contributed by atoms with van der Waals surface area (Å²) in [6.07, 6.45) is 0. The van der Waals surface area contributed by atoms with E-state index in [2.05, 4.69) is 73.9 Å². The zero-order chi connectivity index (χ0) is 30.1. The molecule has 0 unspecified atom stereocenters. The van der Waals surface area contributed by atoms with Gasteiger partial charge in [0.2, 0.25) is 0 Å². The van der Waals surface area contributed by atoms with Gasteiger partial charge in [-0.05, 0) is 36.4 Å². The number of carbonyl (C=O) groups excluding carboxylic acids is 1. The van der Waals surface area contributed by atoms with Gasteiger partial charge >= 0.3 is 6.03 Å². The molecule has 0 aliphatic carbocycles. The molecular formula is C33H41N7O3S. The highest BCUT2D eigenvalue weighted by Gasteiger charge is 2.24. The number of hydrogen-bond donors (Lipinski definition) is 2. The Balaban J connectivity index is 0.000000238. The first-order chi connectivity index (χ1) is 21.7. The molecule has 3 aliphatic rings. The van der Waals surface area contributed by atoms with Crippen LogP contribution in [0.15, 0.2) is 72.8 Å². The Morgan fingerprint density at radius 3 is 2.02 bits per heavy atom. The number of aromatic nitrogens is 1. The van der Waals surface area contributed by atoms with Crippen molar-refractivity contribution in [2.24, 2.45) is 0 Å². The number of rotatable bonds is 5. The zero-order valence-electron chi connectivity index (χ0n) is 25.3. The predicted octanol–water partition coefficient (Wildman–Crippen LogP) is 4.59. The summed E-state index contributed by atoms with van der Waals surface area (Å²) in [5, 5.41) is 6.95. The molecule has 11 heteroatoms. The second-order valence-electron chi connectivity index (χ2n) is 10.9. The Morgan fingerprint density at radius 1 is 0.795 bits per heavy atom. The molecule has 232 valence electrons. The topological polar surface area (TPSA) is 85.4 Å². The van der Waals surface area contributed by atoms with E-state index in [4.69, 9.17) is 14.5 Å². The number of thiazole rings is 1. The van der Waals surface area contributed by atoms with Crippen molar-refractivity contribution in [2.45, 2.75) is 0 Å². The molecule has 7 rings (SSSR count). The highest BCUT2D eigenvalue weighted by atomic mass is 32.1. The summed E-state index contributed by atoms with van der Waals surface area (Å²) in [7, 11) is 1.65. The van der Waals surface area contributed by atoms with Crippen LogP contribution in [0.3, 0.4) is 0 Å². The lowest BCUT2D eigenvalue weighted by molar-refractivity contribution is 0.123. The van der Waals surface area contributed by atoms with Crippen LogP contribution in [-0.4, -0.2) is 102 Å². The van der Waals surface area contributed by atoms with E-state index in [1.54, 1.807) is 7.11 Å². The SMILES string of the molecule is COc1ccc(N2CCOCC2)c2sc(NC(=O)N3CCN(c4ccccc4)CC3)nc12.c1ccc(N2CCNCC2)cc1. The number of amides is 2. The highest BCUT2D eigenvalue weighted by Crippen LogP contribution is 2.39. The maximum absolute atomic E-state index is 12.9. The maximum Gasteiger partial charge on any atom is 0.323 e. The predicted molar refractivity (Wildman–Crippen MR) is 180 cm³/mol. The van der Waals surface area contributed by atoms with E-state index in [0.29, 0.717) is 37.2 Å². The van der Waals surface area contributed by atoms with Gasteiger partial charge in [-0.3, -0.25) is 5.32 Å². The first-order valence-electron chi connectivity index (χ1n) is 15.4. The summed E-state index contributed by atoms with van der Waals surface area (Å²) in [5.41, 5.74) is 4.43. The number of nitrogens with one attached hydrogen (secondary N) is 2. The van der Waals surface area contributed by atoms with Gasteiger partial charge in [0, 0.05) is 76.8 Å². The number of morpholine rings is 1. The fraction of sp³-hybridized carbons (Fsp3) is 0.394. The zero-order valence-corrected chi connectivity index (χ0v) is 26.1. The van der Waals surface area contributed by atoms with Crippen molar-refractivity contribution >= 4 is 49.8 Å². The minimum atomic E-state index is -0.108. The number of piperazine rings is 2. The summed E-state index contributed by atoms with van der Waals surface area (Å²) in [5.74, 6) is 0.713. The Bertz CT molecular complexity index is 1480. The minimum Gasteiger partial charge on any atom is -0.494 e. The van der Waals surface area contributed by atoms with Crippen LogP contribution >= 0.6 is 11.3 Å². The molecule has 1 aromatic heterocycles. The maximum atomic E-state index is 12.9. The molecule has 3 aromatic carbocycles. The van der Waals surface area contributed by atoms with E-state index >= 15 is 0 Å². The molecule has 4 aromatic rings. The first-order valence-corrected chi connectivity index (χ1v) is 16.2. The van der Waals surface area contributed by atoms with Crippen molar-refractivity contribution in [3.05, 3.63) is 72.8 Å². The Labute approximate surface area is 263 Å². The van der Waals surface area contributed by atoms with Crippen LogP contribution in [0.25, 0.3) is 10.2 Å². The third-order valence-electron chi connectivity index (χ3n) is 8.20. The summed E-state index contributed by atoms with van der Waals surface area (Å²) < 4.78 is 12.0. The largest absolute Gasteiger partial charge is 0.494 e. The molecule has 4 heterocycles. The monoisotopic (exact) mass is 615 g/mol. The number of anilines is 4. The van der Waals surface area contributed by atoms with E-state index in [1.807, 2.05) is 29.2 Å². The number of hydrogen-bond acceptors (Lipinski definition) is 9. The molecule has 44 heavy (non-hydrogen) atoms. The first kappa shape index (κ1) is 30.0. The van der Waals surface area contributed by atoms with Gasteiger partial charge in [-0.1, -0.05) is 47.7 Å². The van der Waals surface area contributed by atoms with E-state index in [0.717, 1.165) is 68.3 Å². The van der Waals surface area contributed by atoms with Crippen LogP contribution in [-0.2, 0) is 4.74 Å². The Morgan fingerprint density at radius 2 is 1.41 bits per heavy atom. The molecule has 3 aliphatic heterocycles. The lowest BCUT2D eigenvalue weighted by atomic mass is 10.2. The number of ether oxygens (including phenoxy) is 2. The number of fused-ring (bicyclic) bond motifs is 1. The summed E-state index contributed by atoms with van der Waals surface area (Å²) in [6, 6.07) is 24.8. The van der Waals surface area contributed by atoms with Gasteiger partial charge in [-0.2, -0.15) is 0 Å². The average Bonchev–Trinajstić information content (AvgIpc) is 3.53. The molecule has 10 nitrogen and oxygen atoms in total. The van der Waals surface area contributed by atoms with E-state index < -0.39 is 0 Å². The summed E-state index contributed by atoms with van der Waals surface area (Å²) in [4.78, 5) is 26.5. The number of urea groups is 1. The van der Waals surface area contributed by atoms with Gasteiger partial charge < -0.3 is 34.4 Å². The van der Waals surface area contributed by atoms with Gasteiger partial charge in [-0.15, -0.1) is 0 Å². The normalized spacial score (nSPS) is 17.2. The third-order valence-corrected chi connectivity index (χ3v) is 9.19. The molecular weight excluding hydrogens is 574 g/mol. The number of nitrogens with zero attached hydrogens (tertiary/aromatic N) is 5. The van der Waals surface area contributed by atoms with Gasteiger partial charge in [0.1, 0.15) is 11.3 Å². The lowest BCUT2D eigenvalue weighted by Gasteiger charge is -2.35. The van der Waals surface area contributed by atoms with Crippen molar-refractivity contribution < 1.29 is 14.3 Å². The fourth-order valence-electron chi connectivity index (χ4n) is 5.78. The summed E-state index contributed by atoms with van der Waals surface area (Å²) >= 11 is 1.49. The van der Waals surface area contributed by atoms with E-state index in [1.165, 1.54) is 22.7 Å². The van der Waals surface area contributed by atoms with Crippen molar-refractivity contribution in [2.75, 3.05) is 106 Å². The van der Waals surface area contributed by atoms with Gasteiger partial charge in [0.05, 0.1) is 30.7 Å². The van der Waals surface area contributed by atoms with Gasteiger partial charge in [0.15, 0.2) is 5.13 Å². The number of benzene rings is 3.